The van der Waals surface area contributed by atoms with Crippen molar-refractivity contribution in [2.45, 2.75) is 95.6 Å². The molecule has 1 aromatic carbocycles. The highest BCUT2D eigenvalue weighted by Gasteiger charge is 2.45. The number of aromatic nitrogens is 2. The van der Waals surface area contributed by atoms with Crippen LogP contribution >= 0.6 is 15.9 Å². The molecule has 0 aliphatic heterocycles. The van der Waals surface area contributed by atoms with E-state index in [1.807, 2.05) is 6.92 Å². The van der Waals surface area contributed by atoms with Gasteiger partial charge in [-0.1, -0.05) is 55.2 Å². The Morgan fingerprint density at radius 1 is 1.00 bits per heavy atom. The van der Waals surface area contributed by atoms with E-state index in [0.717, 1.165) is 18.2 Å². The molecule has 12 heteroatoms. The Morgan fingerprint density at radius 2 is 1.62 bits per heavy atom. The molecule has 222 valence electrons. The third-order valence-corrected chi connectivity index (χ3v) is 10.7. The minimum Gasteiger partial charge on any atom is -0.493 e. The van der Waals surface area contributed by atoms with E-state index in [1.54, 1.807) is 10.6 Å². The minimum absolute atomic E-state index is 0.0227. The summed E-state index contributed by atoms with van der Waals surface area (Å²) >= 11 is 3.26. The molecule has 1 aliphatic carbocycles. The van der Waals surface area contributed by atoms with Crippen LogP contribution in [0.3, 0.4) is 0 Å². The first kappa shape index (κ1) is 32.6. The summed E-state index contributed by atoms with van der Waals surface area (Å²) in [5.74, 6) is 0.710. The second-order valence-corrected chi connectivity index (χ2v) is 25.2. The average molecular weight is 654 g/mol. The Hall–Kier alpha value is -0.926. The number of imidazole rings is 1. The lowest BCUT2D eigenvalue weighted by molar-refractivity contribution is -0.171. The summed E-state index contributed by atoms with van der Waals surface area (Å²) in [6, 6.07) is 4.66. The maximum Gasteiger partial charge on any atom is 0.418 e. The van der Waals surface area contributed by atoms with Crippen LogP contribution in [0.25, 0.3) is 11.0 Å². The topological polar surface area (TPSA) is 54.7 Å². The zero-order chi connectivity index (χ0) is 29.1. The summed E-state index contributed by atoms with van der Waals surface area (Å²) in [5, 5.41) is 0.513. The molecular weight excluding hydrogens is 609 g/mol. The fourth-order valence-corrected chi connectivity index (χ4v) is 6.27. The highest BCUT2D eigenvalue weighted by Crippen LogP contribution is 2.48. The standard InChI is InChI=1S/C27H44BrF3N2O4Si2/c1-26(37-19-35-11-13-39(5,6)7)16-20(17-26)25-32-23-15-21(36-9-8-28)14-22(27(29,30)31)24(23)33(25)18-34-10-12-38(2,3)4/h14-15,20H,8-13,16-19H2,1-7H3/t20-,26+. The molecule has 0 saturated heterocycles. The van der Waals surface area contributed by atoms with Crippen LogP contribution in [0.4, 0.5) is 13.2 Å². The van der Waals surface area contributed by atoms with Gasteiger partial charge in [-0.3, -0.25) is 0 Å². The fraction of sp³-hybridized carbons (Fsp3) is 0.741. The average Bonchev–Trinajstić information content (AvgIpc) is 3.13. The maximum absolute atomic E-state index is 14.3. The van der Waals surface area contributed by atoms with E-state index in [4.69, 9.17) is 23.9 Å². The van der Waals surface area contributed by atoms with Crippen molar-refractivity contribution >= 4 is 43.1 Å². The molecule has 0 unspecified atom stereocenters. The van der Waals surface area contributed by atoms with Gasteiger partial charge in [-0.05, 0) is 37.9 Å². The number of ether oxygens (including phenoxy) is 4. The molecular formula is C27H44BrF3N2O4Si2. The Bertz CT molecular complexity index is 1090. The molecule has 0 amide bonds. The molecule has 1 aromatic heterocycles. The first-order valence-electron chi connectivity index (χ1n) is 13.6. The van der Waals surface area contributed by atoms with Crippen molar-refractivity contribution in [2.75, 3.05) is 31.9 Å². The van der Waals surface area contributed by atoms with Gasteiger partial charge < -0.3 is 23.5 Å². The Morgan fingerprint density at radius 3 is 2.18 bits per heavy atom. The highest BCUT2D eigenvalue weighted by molar-refractivity contribution is 9.09. The van der Waals surface area contributed by atoms with Crippen molar-refractivity contribution in [1.29, 1.82) is 0 Å². The molecule has 0 spiro atoms. The molecule has 0 atom stereocenters. The largest absolute Gasteiger partial charge is 0.493 e. The van der Waals surface area contributed by atoms with E-state index in [9.17, 15) is 13.2 Å². The van der Waals surface area contributed by atoms with Gasteiger partial charge in [-0.25, -0.2) is 4.98 Å². The van der Waals surface area contributed by atoms with Gasteiger partial charge in [0.25, 0.3) is 0 Å². The number of benzene rings is 1. The summed E-state index contributed by atoms with van der Waals surface area (Å²) in [6.45, 7) is 17.3. The lowest BCUT2D eigenvalue weighted by Gasteiger charge is -2.44. The Balaban J connectivity index is 1.84. The number of hydrogen-bond donors (Lipinski definition) is 0. The molecule has 1 fully saturated rings. The normalized spacial score (nSPS) is 20.4. The van der Waals surface area contributed by atoms with Gasteiger partial charge in [0.05, 0.1) is 28.8 Å². The van der Waals surface area contributed by atoms with Crippen molar-refractivity contribution < 1.29 is 32.1 Å². The zero-order valence-electron chi connectivity index (χ0n) is 24.3. The molecule has 0 bridgehead atoms. The van der Waals surface area contributed by atoms with Crippen LogP contribution in [0.5, 0.6) is 5.75 Å². The second-order valence-electron chi connectivity index (χ2n) is 13.2. The van der Waals surface area contributed by atoms with Crippen molar-refractivity contribution in [3.63, 3.8) is 0 Å². The monoisotopic (exact) mass is 652 g/mol. The van der Waals surface area contributed by atoms with Crippen molar-refractivity contribution in [3.8, 4) is 5.75 Å². The van der Waals surface area contributed by atoms with E-state index in [0.29, 0.717) is 37.2 Å². The van der Waals surface area contributed by atoms with E-state index in [2.05, 4.69) is 55.2 Å². The number of alkyl halides is 4. The van der Waals surface area contributed by atoms with Crippen LogP contribution in [0.15, 0.2) is 12.1 Å². The number of nitrogens with zero attached hydrogens (tertiary/aromatic N) is 2. The molecule has 39 heavy (non-hydrogen) atoms. The first-order chi connectivity index (χ1) is 18.0. The molecule has 3 rings (SSSR count). The predicted octanol–water partition coefficient (Wildman–Crippen LogP) is 8.11. The first-order valence-corrected chi connectivity index (χ1v) is 22.1. The van der Waals surface area contributed by atoms with Crippen LogP contribution in [-0.4, -0.2) is 63.2 Å². The van der Waals surface area contributed by atoms with Gasteiger partial charge in [-0.2, -0.15) is 13.2 Å². The molecule has 1 heterocycles. The summed E-state index contributed by atoms with van der Waals surface area (Å²) in [5.41, 5.74) is -0.850. The number of hydrogen-bond acceptors (Lipinski definition) is 5. The number of fused-ring (bicyclic) bond motifs is 1. The van der Waals surface area contributed by atoms with E-state index >= 15 is 0 Å². The van der Waals surface area contributed by atoms with E-state index in [1.165, 1.54) is 0 Å². The summed E-state index contributed by atoms with van der Waals surface area (Å²) in [7, 11) is -2.52. The van der Waals surface area contributed by atoms with Crippen molar-refractivity contribution in [1.82, 2.24) is 9.55 Å². The molecule has 1 aliphatic rings. The third-order valence-electron chi connectivity index (χ3n) is 6.92. The van der Waals surface area contributed by atoms with Crippen LogP contribution in [0.1, 0.15) is 37.1 Å². The van der Waals surface area contributed by atoms with Gasteiger partial charge in [0.15, 0.2) is 0 Å². The van der Waals surface area contributed by atoms with Gasteiger partial charge >= 0.3 is 6.18 Å². The van der Waals surface area contributed by atoms with Crippen LogP contribution in [0, 0.1) is 0 Å². The second kappa shape index (κ2) is 12.9. The quantitative estimate of drug-likeness (QED) is 0.0842. The van der Waals surface area contributed by atoms with Crippen LogP contribution < -0.4 is 4.74 Å². The van der Waals surface area contributed by atoms with Gasteiger partial charge in [0.1, 0.15) is 25.1 Å². The van der Waals surface area contributed by atoms with Crippen LogP contribution in [0.2, 0.25) is 51.4 Å². The third kappa shape index (κ3) is 9.56. The maximum atomic E-state index is 14.3. The summed E-state index contributed by atoms with van der Waals surface area (Å²) in [4.78, 5) is 4.73. The SMILES string of the molecule is C[Si](C)(C)CCOCO[C@]1(C)C[C@H](c2nc3cc(OCCBr)cc(C(F)(F)F)c3n2COCC[Si](C)(C)C)C1. The van der Waals surface area contributed by atoms with E-state index in [-0.39, 0.29) is 42.8 Å². The van der Waals surface area contributed by atoms with Crippen LogP contribution in [-0.2, 0) is 27.1 Å². The molecule has 0 radical (unpaired) electrons. The van der Waals surface area contributed by atoms with Gasteiger partial charge in [0, 0.05) is 46.7 Å². The zero-order valence-corrected chi connectivity index (χ0v) is 27.9. The molecule has 2 aromatic rings. The smallest absolute Gasteiger partial charge is 0.418 e. The Labute approximate surface area is 241 Å². The lowest BCUT2D eigenvalue weighted by Crippen LogP contribution is -2.43. The van der Waals surface area contributed by atoms with Crippen molar-refractivity contribution in [3.05, 3.63) is 23.5 Å². The summed E-state index contributed by atoms with van der Waals surface area (Å²) < 4.78 is 67.7. The van der Waals surface area contributed by atoms with E-state index < -0.39 is 33.5 Å². The lowest BCUT2D eigenvalue weighted by atomic mass is 9.71. The number of rotatable bonds is 15. The molecule has 6 nitrogen and oxygen atoms in total. The molecule has 1 saturated carbocycles. The fourth-order valence-electron chi connectivity index (χ4n) is 4.60. The number of halogens is 4. The van der Waals surface area contributed by atoms with Crippen molar-refractivity contribution in [2.24, 2.45) is 0 Å². The summed E-state index contributed by atoms with van der Waals surface area (Å²) in [6.07, 6.45) is -3.27. The minimum atomic E-state index is -4.57. The molecule has 0 N–H and O–H groups in total. The van der Waals surface area contributed by atoms with Gasteiger partial charge in [0.2, 0.25) is 0 Å². The Kier molecular flexibility index (Phi) is 10.8. The van der Waals surface area contributed by atoms with Gasteiger partial charge in [-0.15, -0.1) is 0 Å². The predicted molar refractivity (Wildman–Crippen MR) is 159 cm³/mol. The highest BCUT2D eigenvalue weighted by atomic mass is 79.9.